The lowest BCUT2D eigenvalue weighted by molar-refractivity contribution is -0.114. The maximum atomic E-state index is 10.9. The second-order valence-electron chi connectivity index (χ2n) is 3.89. The van der Waals surface area contributed by atoms with Crippen LogP contribution in [0.15, 0.2) is 53.8 Å². The first-order valence-electron chi connectivity index (χ1n) is 5.82. The standard InChI is InChI=1S/C14H14N4O/c1-11(19)17-13-7-5-12(6-8-13)10-16-18-14-4-2-3-9-15-14/h2-10H,1H3,(H,15,18)(H,17,19)/b16-10+. The Bertz CT molecular complexity index is 564. The number of carbonyl (C=O) groups is 1. The van der Waals surface area contributed by atoms with Crippen molar-refractivity contribution < 1.29 is 4.79 Å². The van der Waals surface area contributed by atoms with E-state index < -0.39 is 0 Å². The summed E-state index contributed by atoms with van der Waals surface area (Å²) in [5.74, 6) is 0.604. The molecule has 5 nitrogen and oxygen atoms in total. The third-order valence-corrected chi connectivity index (χ3v) is 2.29. The van der Waals surface area contributed by atoms with Gasteiger partial charge in [-0.15, -0.1) is 0 Å². The SMILES string of the molecule is CC(=O)Nc1ccc(/C=N/Nc2ccccn2)cc1. The van der Waals surface area contributed by atoms with Crippen LogP contribution >= 0.6 is 0 Å². The summed E-state index contributed by atoms with van der Waals surface area (Å²) in [5.41, 5.74) is 4.52. The van der Waals surface area contributed by atoms with E-state index in [4.69, 9.17) is 0 Å². The lowest BCUT2D eigenvalue weighted by atomic mass is 10.2. The molecular weight excluding hydrogens is 240 g/mol. The molecular formula is C14H14N4O. The van der Waals surface area contributed by atoms with Gasteiger partial charge in [0.25, 0.3) is 0 Å². The number of benzene rings is 1. The molecule has 0 radical (unpaired) electrons. The summed E-state index contributed by atoms with van der Waals surface area (Å²) in [6, 6.07) is 12.9. The largest absolute Gasteiger partial charge is 0.326 e. The van der Waals surface area contributed by atoms with E-state index in [1.54, 1.807) is 12.4 Å². The molecule has 0 spiro atoms. The zero-order valence-corrected chi connectivity index (χ0v) is 10.5. The molecule has 96 valence electrons. The van der Waals surface area contributed by atoms with Crippen LogP contribution in [0.25, 0.3) is 0 Å². The van der Waals surface area contributed by atoms with Gasteiger partial charge in [0.1, 0.15) is 5.82 Å². The second kappa shape index (κ2) is 6.30. The van der Waals surface area contributed by atoms with Crippen LogP contribution in [0.3, 0.4) is 0 Å². The molecule has 0 fully saturated rings. The lowest BCUT2D eigenvalue weighted by Crippen LogP contribution is -2.05. The molecule has 1 aromatic carbocycles. The summed E-state index contributed by atoms with van der Waals surface area (Å²) in [5, 5.41) is 6.78. The Balaban J connectivity index is 1.94. The van der Waals surface area contributed by atoms with Gasteiger partial charge in [0.05, 0.1) is 6.21 Å². The first-order chi connectivity index (χ1) is 9.24. The Morgan fingerprint density at radius 1 is 1.21 bits per heavy atom. The lowest BCUT2D eigenvalue weighted by Gasteiger charge is -2.01. The average Bonchev–Trinajstić information content (AvgIpc) is 2.41. The monoisotopic (exact) mass is 254 g/mol. The van der Waals surface area contributed by atoms with Gasteiger partial charge in [-0.05, 0) is 29.8 Å². The fourth-order valence-electron chi connectivity index (χ4n) is 1.46. The van der Waals surface area contributed by atoms with Gasteiger partial charge in [-0.2, -0.15) is 5.10 Å². The highest BCUT2D eigenvalue weighted by Crippen LogP contribution is 2.08. The first-order valence-corrected chi connectivity index (χ1v) is 5.82. The number of anilines is 2. The van der Waals surface area contributed by atoms with Crippen LogP contribution in [0, 0.1) is 0 Å². The molecule has 19 heavy (non-hydrogen) atoms. The number of aromatic nitrogens is 1. The van der Waals surface area contributed by atoms with E-state index in [1.807, 2.05) is 42.5 Å². The van der Waals surface area contributed by atoms with Gasteiger partial charge in [-0.1, -0.05) is 18.2 Å². The van der Waals surface area contributed by atoms with Crippen molar-refractivity contribution in [2.24, 2.45) is 5.10 Å². The third kappa shape index (κ3) is 4.23. The van der Waals surface area contributed by atoms with Crippen LogP contribution in [0.1, 0.15) is 12.5 Å². The third-order valence-electron chi connectivity index (χ3n) is 2.29. The topological polar surface area (TPSA) is 66.4 Å². The van der Waals surface area contributed by atoms with Crippen LogP contribution in [0.5, 0.6) is 0 Å². The summed E-state index contributed by atoms with van der Waals surface area (Å²) in [6.07, 6.45) is 3.38. The minimum absolute atomic E-state index is 0.0850. The fourth-order valence-corrected chi connectivity index (χ4v) is 1.46. The summed E-state index contributed by atoms with van der Waals surface area (Å²) in [7, 11) is 0. The molecule has 2 aromatic rings. The molecule has 1 amide bonds. The van der Waals surface area contributed by atoms with Crippen LogP contribution in [0.2, 0.25) is 0 Å². The van der Waals surface area contributed by atoms with Crippen LogP contribution in [-0.2, 0) is 4.79 Å². The van der Waals surface area contributed by atoms with Crippen molar-refractivity contribution in [2.75, 3.05) is 10.7 Å². The zero-order valence-electron chi connectivity index (χ0n) is 10.5. The highest BCUT2D eigenvalue weighted by molar-refractivity contribution is 5.89. The summed E-state index contributed by atoms with van der Waals surface area (Å²) in [6.45, 7) is 1.48. The summed E-state index contributed by atoms with van der Waals surface area (Å²) in [4.78, 5) is 15.0. The maximum Gasteiger partial charge on any atom is 0.221 e. The van der Waals surface area contributed by atoms with Crippen molar-refractivity contribution in [1.29, 1.82) is 0 Å². The van der Waals surface area contributed by atoms with Gasteiger partial charge in [0, 0.05) is 18.8 Å². The van der Waals surface area contributed by atoms with Crippen molar-refractivity contribution >= 4 is 23.6 Å². The van der Waals surface area contributed by atoms with Gasteiger partial charge in [0.2, 0.25) is 5.91 Å². The Morgan fingerprint density at radius 2 is 2.00 bits per heavy atom. The normalized spacial score (nSPS) is 10.4. The first kappa shape index (κ1) is 12.8. The van der Waals surface area contributed by atoms with Gasteiger partial charge >= 0.3 is 0 Å². The molecule has 0 saturated carbocycles. The molecule has 2 N–H and O–H groups in total. The number of hydrogen-bond acceptors (Lipinski definition) is 4. The van der Waals surface area contributed by atoms with E-state index in [2.05, 4.69) is 20.8 Å². The molecule has 2 rings (SSSR count). The Hall–Kier alpha value is -2.69. The zero-order chi connectivity index (χ0) is 13.5. The van der Waals surface area contributed by atoms with Crippen molar-refractivity contribution in [2.45, 2.75) is 6.92 Å². The smallest absolute Gasteiger partial charge is 0.221 e. The van der Waals surface area contributed by atoms with Gasteiger partial charge < -0.3 is 5.32 Å². The second-order valence-corrected chi connectivity index (χ2v) is 3.89. The Kier molecular flexibility index (Phi) is 4.23. The number of carbonyl (C=O) groups excluding carboxylic acids is 1. The van der Waals surface area contributed by atoms with Gasteiger partial charge in [0.15, 0.2) is 0 Å². The van der Waals surface area contributed by atoms with Crippen molar-refractivity contribution in [3.05, 3.63) is 54.2 Å². The molecule has 0 bridgehead atoms. The van der Waals surface area contributed by atoms with Crippen LogP contribution in [0.4, 0.5) is 11.5 Å². The molecule has 1 heterocycles. The highest BCUT2D eigenvalue weighted by atomic mass is 16.1. The molecule has 0 aliphatic carbocycles. The van der Waals surface area contributed by atoms with Crippen molar-refractivity contribution in [1.82, 2.24) is 4.98 Å². The molecule has 1 aromatic heterocycles. The number of hydrazone groups is 1. The van der Waals surface area contributed by atoms with Crippen LogP contribution < -0.4 is 10.7 Å². The number of nitrogens with one attached hydrogen (secondary N) is 2. The number of pyridine rings is 1. The van der Waals surface area contributed by atoms with E-state index >= 15 is 0 Å². The summed E-state index contributed by atoms with van der Waals surface area (Å²) < 4.78 is 0. The number of rotatable bonds is 4. The predicted molar refractivity (Wildman–Crippen MR) is 76.2 cm³/mol. The Labute approximate surface area is 111 Å². The minimum atomic E-state index is -0.0850. The van der Waals surface area contributed by atoms with Crippen molar-refractivity contribution in [3.8, 4) is 0 Å². The molecule has 0 aliphatic rings. The van der Waals surface area contributed by atoms with Gasteiger partial charge in [-0.25, -0.2) is 4.98 Å². The summed E-state index contributed by atoms with van der Waals surface area (Å²) >= 11 is 0. The molecule has 5 heteroatoms. The van der Waals surface area contributed by atoms with E-state index in [0.717, 1.165) is 11.3 Å². The van der Waals surface area contributed by atoms with Crippen LogP contribution in [-0.4, -0.2) is 17.1 Å². The molecule has 0 aliphatic heterocycles. The van der Waals surface area contributed by atoms with E-state index in [0.29, 0.717) is 5.82 Å². The number of hydrogen-bond donors (Lipinski definition) is 2. The maximum absolute atomic E-state index is 10.9. The van der Waals surface area contributed by atoms with E-state index in [9.17, 15) is 4.79 Å². The number of nitrogens with zero attached hydrogens (tertiary/aromatic N) is 2. The predicted octanol–water partition coefficient (Wildman–Crippen LogP) is 2.49. The quantitative estimate of drug-likeness (QED) is 0.650. The molecule has 0 atom stereocenters. The molecule has 0 unspecified atom stereocenters. The Morgan fingerprint density at radius 3 is 2.63 bits per heavy atom. The van der Waals surface area contributed by atoms with Gasteiger partial charge in [-0.3, -0.25) is 10.2 Å². The molecule has 0 saturated heterocycles. The number of amides is 1. The van der Waals surface area contributed by atoms with Crippen molar-refractivity contribution in [3.63, 3.8) is 0 Å². The highest BCUT2D eigenvalue weighted by Gasteiger charge is 1.94. The fraction of sp³-hybridized carbons (Fsp3) is 0.0714. The average molecular weight is 254 g/mol. The van der Waals surface area contributed by atoms with E-state index in [1.165, 1.54) is 6.92 Å². The minimum Gasteiger partial charge on any atom is -0.326 e. The van der Waals surface area contributed by atoms with E-state index in [-0.39, 0.29) is 5.91 Å².